The average Bonchev–Trinajstić information content (AvgIpc) is 3.18. The molecule has 2 aliphatic heterocycles. The quantitative estimate of drug-likeness (QED) is 0.714. The number of amides is 2. The van der Waals surface area contributed by atoms with Crippen LogP contribution in [0.25, 0.3) is 0 Å². The lowest BCUT2D eigenvalue weighted by molar-refractivity contribution is -0.128. The van der Waals surface area contributed by atoms with Gasteiger partial charge in [0.1, 0.15) is 0 Å². The molecule has 31 heavy (non-hydrogen) atoms. The number of hydrogen-bond acceptors (Lipinski definition) is 3. The van der Waals surface area contributed by atoms with Gasteiger partial charge in [0.05, 0.1) is 0 Å². The SMILES string of the molecule is CC(C)c1ccc(CN2CCN(C(=O)c3cccc(CN4CCCC4=O)c3)CC2)cc1. The second kappa shape index (κ2) is 9.65. The lowest BCUT2D eigenvalue weighted by atomic mass is 10.0. The highest BCUT2D eigenvalue weighted by Crippen LogP contribution is 2.18. The molecule has 2 aromatic carbocycles. The second-order valence-electron chi connectivity index (χ2n) is 9.08. The predicted octanol–water partition coefficient (Wildman–Crippen LogP) is 3.89. The van der Waals surface area contributed by atoms with Crippen LogP contribution in [0, 0.1) is 0 Å². The van der Waals surface area contributed by atoms with E-state index in [4.69, 9.17) is 0 Å². The molecule has 0 radical (unpaired) electrons. The van der Waals surface area contributed by atoms with Crippen molar-refractivity contribution in [1.29, 1.82) is 0 Å². The summed E-state index contributed by atoms with van der Waals surface area (Å²) in [6.07, 6.45) is 1.58. The lowest BCUT2D eigenvalue weighted by Crippen LogP contribution is -2.48. The number of benzene rings is 2. The third-order valence-electron chi connectivity index (χ3n) is 6.43. The minimum atomic E-state index is 0.0931. The molecule has 0 aliphatic carbocycles. The van der Waals surface area contributed by atoms with Crippen molar-refractivity contribution in [3.8, 4) is 0 Å². The normalized spacial score (nSPS) is 17.6. The van der Waals surface area contributed by atoms with Crippen LogP contribution in [0.1, 0.15) is 59.7 Å². The fraction of sp³-hybridized carbons (Fsp3) is 0.462. The van der Waals surface area contributed by atoms with Gasteiger partial charge in [0.15, 0.2) is 0 Å². The van der Waals surface area contributed by atoms with Gasteiger partial charge < -0.3 is 9.80 Å². The van der Waals surface area contributed by atoms with E-state index in [-0.39, 0.29) is 11.8 Å². The summed E-state index contributed by atoms with van der Waals surface area (Å²) in [5, 5.41) is 0. The molecule has 2 aliphatic rings. The molecule has 2 heterocycles. The zero-order valence-electron chi connectivity index (χ0n) is 18.7. The van der Waals surface area contributed by atoms with Crippen molar-refractivity contribution in [3.05, 3.63) is 70.8 Å². The molecule has 0 spiro atoms. The second-order valence-corrected chi connectivity index (χ2v) is 9.08. The number of rotatable bonds is 6. The van der Waals surface area contributed by atoms with Crippen LogP contribution in [-0.4, -0.2) is 59.2 Å². The van der Waals surface area contributed by atoms with Gasteiger partial charge in [-0.15, -0.1) is 0 Å². The van der Waals surface area contributed by atoms with Gasteiger partial charge in [0.2, 0.25) is 5.91 Å². The van der Waals surface area contributed by atoms with E-state index >= 15 is 0 Å². The van der Waals surface area contributed by atoms with Gasteiger partial charge in [0, 0.05) is 57.8 Å². The van der Waals surface area contributed by atoms with Crippen LogP contribution >= 0.6 is 0 Å². The first kappa shape index (κ1) is 21.6. The molecule has 2 amide bonds. The molecule has 0 N–H and O–H groups in total. The summed E-state index contributed by atoms with van der Waals surface area (Å²) in [5.74, 6) is 0.861. The number of likely N-dealkylation sites (tertiary alicyclic amines) is 1. The minimum absolute atomic E-state index is 0.0931. The van der Waals surface area contributed by atoms with E-state index in [1.54, 1.807) is 0 Å². The fourth-order valence-corrected chi connectivity index (χ4v) is 4.45. The molecule has 164 valence electrons. The summed E-state index contributed by atoms with van der Waals surface area (Å²) >= 11 is 0. The molecule has 5 nitrogen and oxygen atoms in total. The summed E-state index contributed by atoms with van der Waals surface area (Å²) < 4.78 is 0. The maximum atomic E-state index is 13.0. The van der Waals surface area contributed by atoms with Crippen molar-refractivity contribution in [2.24, 2.45) is 0 Å². The van der Waals surface area contributed by atoms with Crippen LogP contribution in [0.2, 0.25) is 0 Å². The van der Waals surface area contributed by atoms with Gasteiger partial charge in [-0.25, -0.2) is 0 Å². The number of hydrogen-bond donors (Lipinski definition) is 0. The molecule has 0 atom stereocenters. The summed E-state index contributed by atoms with van der Waals surface area (Å²) in [6, 6.07) is 16.7. The van der Waals surface area contributed by atoms with E-state index in [2.05, 4.69) is 43.0 Å². The zero-order valence-corrected chi connectivity index (χ0v) is 18.7. The maximum Gasteiger partial charge on any atom is 0.253 e. The highest BCUT2D eigenvalue weighted by atomic mass is 16.2. The fourth-order valence-electron chi connectivity index (χ4n) is 4.45. The van der Waals surface area contributed by atoms with Gasteiger partial charge in [-0.05, 0) is 41.2 Å². The Hall–Kier alpha value is -2.66. The van der Waals surface area contributed by atoms with Crippen LogP contribution in [-0.2, 0) is 17.9 Å². The first-order valence-corrected chi connectivity index (χ1v) is 11.5. The number of nitrogens with zero attached hydrogens (tertiary/aromatic N) is 3. The Kier molecular flexibility index (Phi) is 6.71. The largest absolute Gasteiger partial charge is 0.338 e. The minimum Gasteiger partial charge on any atom is -0.338 e. The van der Waals surface area contributed by atoms with Crippen LogP contribution in [0.15, 0.2) is 48.5 Å². The first-order valence-electron chi connectivity index (χ1n) is 11.5. The van der Waals surface area contributed by atoms with Crippen LogP contribution in [0.3, 0.4) is 0 Å². The highest BCUT2D eigenvalue weighted by molar-refractivity contribution is 5.94. The highest BCUT2D eigenvalue weighted by Gasteiger charge is 2.23. The monoisotopic (exact) mass is 419 g/mol. The number of carbonyl (C=O) groups excluding carboxylic acids is 2. The van der Waals surface area contributed by atoms with Gasteiger partial charge in [-0.2, -0.15) is 0 Å². The summed E-state index contributed by atoms with van der Waals surface area (Å²) in [7, 11) is 0. The topological polar surface area (TPSA) is 43.9 Å². The maximum absolute atomic E-state index is 13.0. The van der Waals surface area contributed by atoms with Crippen molar-refractivity contribution in [3.63, 3.8) is 0 Å². The Labute approximate surface area is 185 Å². The molecular weight excluding hydrogens is 386 g/mol. The standard InChI is InChI=1S/C26H33N3O2/c1-20(2)23-10-8-21(9-11-23)18-27-13-15-28(16-14-27)26(31)24-6-3-5-22(17-24)19-29-12-4-7-25(29)30/h3,5-6,8-11,17,20H,4,7,12-16,18-19H2,1-2H3. The summed E-state index contributed by atoms with van der Waals surface area (Å²) in [6.45, 7) is 10.1. The van der Waals surface area contributed by atoms with E-state index in [0.29, 0.717) is 18.9 Å². The first-order chi connectivity index (χ1) is 15.0. The predicted molar refractivity (Wildman–Crippen MR) is 123 cm³/mol. The molecule has 5 heteroatoms. The molecule has 0 bridgehead atoms. The average molecular weight is 420 g/mol. The Morgan fingerprint density at radius 2 is 1.65 bits per heavy atom. The van der Waals surface area contributed by atoms with E-state index in [0.717, 1.165) is 56.8 Å². The summed E-state index contributed by atoms with van der Waals surface area (Å²) in [5.41, 5.74) is 4.45. The van der Waals surface area contributed by atoms with Crippen molar-refractivity contribution in [2.75, 3.05) is 32.7 Å². The van der Waals surface area contributed by atoms with Crippen molar-refractivity contribution in [2.45, 2.75) is 45.7 Å². The van der Waals surface area contributed by atoms with Crippen molar-refractivity contribution < 1.29 is 9.59 Å². The number of piperazine rings is 1. The molecule has 0 unspecified atom stereocenters. The number of carbonyl (C=O) groups is 2. The Balaban J connectivity index is 1.31. The van der Waals surface area contributed by atoms with E-state index < -0.39 is 0 Å². The van der Waals surface area contributed by atoms with Gasteiger partial charge >= 0.3 is 0 Å². The molecule has 4 rings (SSSR count). The third-order valence-corrected chi connectivity index (χ3v) is 6.43. The molecule has 2 aromatic rings. The van der Waals surface area contributed by atoms with Gasteiger partial charge in [-0.3, -0.25) is 14.5 Å². The Morgan fingerprint density at radius 1 is 0.903 bits per heavy atom. The Morgan fingerprint density at radius 3 is 2.29 bits per heavy atom. The zero-order chi connectivity index (χ0) is 21.8. The van der Waals surface area contributed by atoms with E-state index in [1.807, 2.05) is 34.1 Å². The molecule has 2 fully saturated rings. The van der Waals surface area contributed by atoms with Gasteiger partial charge in [0.25, 0.3) is 5.91 Å². The van der Waals surface area contributed by atoms with Gasteiger partial charge in [-0.1, -0.05) is 50.2 Å². The Bertz CT molecular complexity index is 915. The van der Waals surface area contributed by atoms with E-state index in [1.165, 1.54) is 11.1 Å². The smallest absolute Gasteiger partial charge is 0.253 e. The van der Waals surface area contributed by atoms with Crippen LogP contribution in [0.5, 0.6) is 0 Å². The molecule has 0 saturated carbocycles. The van der Waals surface area contributed by atoms with Crippen LogP contribution in [0.4, 0.5) is 0 Å². The van der Waals surface area contributed by atoms with Crippen LogP contribution < -0.4 is 0 Å². The third kappa shape index (κ3) is 5.34. The molecular formula is C26H33N3O2. The van der Waals surface area contributed by atoms with E-state index in [9.17, 15) is 9.59 Å². The lowest BCUT2D eigenvalue weighted by Gasteiger charge is -2.35. The molecule has 0 aromatic heterocycles. The van der Waals surface area contributed by atoms with Crippen molar-refractivity contribution in [1.82, 2.24) is 14.7 Å². The summed E-state index contributed by atoms with van der Waals surface area (Å²) in [4.78, 5) is 31.2. The van der Waals surface area contributed by atoms with Crippen molar-refractivity contribution >= 4 is 11.8 Å². The molecule has 2 saturated heterocycles.